The zero-order chi connectivity index (χ0) is 21.0. The molecule has 0 bridgehead atoms. The SMILES string of the molecule is C[C@H](NC(=O)c1cc(C#N)cc(S(C)=O)c1)c1ncnn1-c1ccc(C#N)cn1. The van der Waals surface area contributed by atoms with E-state index >= 15 is 0 Å². The summed E-state index contributed by atoms with van der Waals surface area (Å²) in [5, 5.41) is 25.0. The van der Waals surface area contributed by atoms with Gasteiger partial charge in [-0.3, -0.25) is 9.00 Å². The van der Waals surface area contributed by atoms with Crippen LogP contribution < -0.4 is 5.32 Å². The molecular formula is C19H15N7O2S. The van der Waals surface area contributed by atoms with Gasteiger partial charge in [0.15, 0.2) is 11.6 Å². The zero-order valence-corrected chi connectivity index (χ0v) is 16.3. The maximum absolute atomic E-state index is 12.7. The molecule has 144 valence electrons. The Labute approximate surface area is 169 Å². The second-order valence-corrected chi connectivity index (χ2v) is 7.43. The smallest absolute Gasteiger partial charge is 0.251 e. The lowest BCUT2D eigenvalue weighted by molar-refractivity contribution is 0.0937. The number of nitrogens with one attached hydrogen (secondary N) is 1. The van der Waals surface area contributed by atoms with Crippen LogP contribution in [0.25, 0.3) is 5.82 Å². The van der Waals surface area contributed by atoms with Crippen molar-refractivity contribution in [3.63, 3.8) is 0 Å². The van der Waals surface area contributed by atoms with Crippen molar-refractivity contribution >= 4 is 16.7 Å². The lowest BCUT2D eigenvalue weighted by Gasteiger charge is -2.15. The summed E-state index contributed by atoms with van der Waals surface area (Å²) >= 11 is 0. The number of rotatable bonds is 5. The Morgan fingerprint density at radius 2 is 1.93 bits per heavy atom. The van der Waals surface area contributed by atoms with E-state index in [-0.39, 0.29) is 11.1 Å². The van der Waals surface area contributed by atoms with Gasteiger partial charge in [-0.2, -0.15) is 20.3 Å². The number of nitriles is 2. The van der Waals surface area contributed by atoms with Crippen molar-refractivity contribution in [1.29, 1.82) is 10.5 Å². The normalized spacial score (nSPS) is 12.4. The molecule has 2 aromatic heterocycles. The van der Waals surface area contributed by atoms with Crippen LogP contribution in [0.15, 0.2) is 47.8 Å². The summed E-state index contributed by atoms with van der Waals surface area (Å²) in [6.45, 7) is 1.73. The minimum atomic E-state index is -1.33. The van der Waals surface area contributed by atoms with Crippen LogP contribution in [0.5, 0.6) is 0 Å². The molecule has 0 spiro atoms. The first kappa shape index (κ1) is 19.9. The van der Waals surface area contributed by atoms with Crippen LogP contribution in [0.1, 0.15) is 40.3 Å². The molecule has 0 aliphatic rings. The highest BCUT2D eigenvalue weighted by Crippen LogP contribution is 2.17. The fourth-order valence-electron chi connectivity index (χ4n) is 2.60. The standard InChI is InChI=1S/C19H15N7O2S/c1-12(18-23-11-24-26(18)17-4-3-13(8-20)10-22-17)25-19(27)15-5-14(9-21)6-16(7-15)29(2)28/h3-7,10-12H,1-2H3,(H,25,27)/t12-,29?/m0/s1. The number of hydrogen-bond donors (Lipinski definition) is 1. The van der Waals surface area contributed by atoms with Crippen LogP contribution in [-0.4, -0.2) is 36.1 Å². The summed E-state index contributed by atoms with van der Waals surface area (Å²) in [6.07, 6.45) is 4.24. The van der Waals surface area contributed by atoms with Crippen molar-refractivity contribution in [3.8, 4) is 18.0 Å². The molecule has 0 saturated carbocycles. The summed E-state index contributed by atoms with van der Waals surface area (Å²) in [5.41, 5.74) is 0.891. The van der Waals surface area contributed by atoms with Gasteiger partial charge in [0.05, 0.1) is 23.2 Å². The fourth-order valence-corrected chi connectivity index (χ4v) is 3.19. The molecule has 2 atom stereocenters. The summed E-state index contributed by atoms with van der Waals surface area (Å²) < 4.78 is 13.2. The number of hydrogen-bond acceptors (Lipinski definition) is 7. The molecule has 29 heavy (non-hydrogen) atoms. The van der Waals surface area contributed by atoms with Crippen LogP contribution in [0.3, 0.4) is 0 Å². The monoisotopic (exact) mass is 405 g/mol. The van der Waals surface area contributed by atoms with E-state index in [0.29, 0.717) is 22.1 Å². The number of carbonyl (C=O) groups is 1. The quantitative estimate of drug-likeness (QED) is 0.681. The van der Waals surface area contributed by atoms with Crippen LogP contribution in [-0.2, 0) is 10.8 Å². The molecule has 0 aliphatic carbocycles. The van der Waals surface area contributed by atoms with Crippen LogP contribution in [0.4, 0.5) is 0 Å². The largest absolute Gasteiger partial charge is 0.342 e. The first-order chi connectivity index (χ1) is 13.9. The number of nitrogens with zero attached hydrogens (tertiary/aromatic N) is 6. The van der Waals surface area contributed by atoms with Crippen LogP contribution in [0.2, 0.25) is 0 Å². The number of amides is 1. The van der Waals surface area contributed by atoms with E-state index in [9.17, 15) is 9.00 Å². The third-order valence-electron chi connectivity index (χ3n) is 4.03. The Morgan fingerprint density at radius 3 is 2.55 bits per heavy atom. The number of carbonyl (C=O) groups excluding carboxylic acids is 1. The van der Waals surface area contributed by atoms with E-state index in [2.05, 4.69) is 20.4 Å². The van der Waals surface area contributed by atoms with Crippen molar-refractivity contribution < 1.29 is 9.00 Å². The van der Waals surface area contributed by atoms with Gasteiger partial charge in [0, 0.05) is 33.7 Å². The highest BCUT2D eigenvalue weighted by Gasteiger charge is 2.19. The molecule has 0 aliphatic heterocycles. The number of pyridine rings is 1. The lowest BCUT2D eigenvalue weighted by Crippen LogP contribution is -2.29. The maximum Gasteiger partial charge on any atom is 0.251 e. The van der Waals surface area contributed by atoms with Gasteiger partial charge in [0.25, 0.3) is 5.91 Å². The van der Waals surface area contributed by atoms with Gasteiger partial charge < -0.3 is 5.32 Å². The van der Waals surface area contributed by atoms with Gasteiger partial charge >= 0.3 is 0 Å². The van der Waals surface area contributed by atoms with E-state index in [1.807, 2.05) is 12.1 Å². The summed E-state index contributed by atoms with van der Waals surface area (Å²) in [4.78, 5) is 21.5. The molecule has 1 amide bonds. The van der Waals surface area contributed by atoms with Crippen molar-refractivity contribution in [1.82, 2.24) is 25.1 Å². The maximum atomic E-state index is 12.7. The Morgan fingerprint density at radius 1 is 1.17 bits per heavy atom. The van der Waals surface area contributed by atoms with Crippen molar-refractivity contribution in [2.75, 3.05) is 6.26 Å². The predicted molar refractivity (Wildman–Crippen MR) is 103 cm³/mol. The van der Waals surface area contributed by atoms with Crippen molar-refractivity contribution in [3.05, 3.63) is 65.4 Å². The van der Waals surface area contributed by atoms with Gasteiger partial charge in [-0.15, -0.1) is 0 Å². The molecule has 3 rings (SSSR count). The fraction of sp³-hybridized carbons (Fsp3) is 0.158. The minimum Gasteiger partial charge on any atom is -0.342 e. The molecule has 9 nitrogen and oxygen atoms in total. The van der Waals surface area contributed by atoms with Crippen LogP contribution >= 0.6 is 0 Å². The van der Waals surface area contributed by atoms with E-state index in [4.69, 9.17) is 10.5 Å². The average molecular weight is 405 g/mol. The van der Waals surface area contributed by atoms with Gasteiger partial charge in [0.2, 0.25) is 0 Å². The Balaban J connectivity index is 1.85. The lowest BCUT2D eigenvalue weighted by atomic mass is 10.1. The Hall–Kier alpha value is -3.89. The summed E-state index contributed by atoms with van der Waals surface area (Å²) in [7, 11) is -1.33. The molecule has 1 aromatic carbocycles. The second kappa shape index (κ2) is 8.42. The van der Waals surface area contributed by atoms with E-state index < -0.39 is 22.7 Å². The Bertz CT molecular complexity index is 1170. The molecule has 0 radical (unpaired) electrons. The average Bonchev–Trinajstić information content (AvgIpc) is 3.23. The molecule has 2 heterocycles. The van der Waals surface area contributed by atoms with Crippen molar-refractivity contribution in [2.24, 2.45) is 0 Å². The number of benzene rings is 1. The Kier molecular flexibility index (Phi) is 5.77. The minimum absolute atomic E-state index is 0.226. The second-order valence-electron chi connectivity index (χ2n) is 6.05. The van der Waals surface area contributed by atoms with Gasteiger partial charge in [-0.05, 0) is 37.3 Å². The molecule has 3 aromatic rings. The van der Waals surface area contributed by atoms with Crippen LogP contribution in [0, 0.1) is 22.7 Å². The topological polar surface area (TPSA) is 137 Å². The molecule has 1 N–H and O–H groups in total. The predicted octanol–water partition coefficient (Wildman–Crippen LogP) is 1.63. The molecule has 0 fully saturated rings. The molecule has 1 unspecified atom stereocenters. The summed E-state index contributed by atoms with van der Waals surface area (Å²) in [5.74, 6) is 0.447. The third kappa shape index (κ3) is 4.34. The van der Waals surface area contributed by atoms with E-state index in [1.165, 1.54) is 41.7 Å². The van der Waals surface area contributed by atoms with Crippen molar-refractivity contribution in [2.45, 2.75) is 17.9 Å². The molecule has 10 heteroatoms. The first-order valence-electron chi connectivity index (χ1n) is 8.39. The van der Waals surface area contributed by atoms with E-state index in [0.717, 1.165) is 0 Å². The molecule has 0 saturated heterocycles. The summed E-state index contributed by atoms with van der Waals surface area (Å²) in [6, 6.07) is 11.1. The third-order valence-corrected chi connectivity index (χ3v) is 4.93. The zero-order valence-electron chi connectivity index (χ0n) is 15.5. The molecular weight excluding hydrogens is 390 g/mol. The highest BCUT2D eigenvalue weighted by atomic mass is 32.2. The van der Waals surface area contributed by atoms with E-state index in [1.54, 1.807) is 19.1 Å². The van der Waals surface area contributed by atoms with Gasteiger partial charge in [-0.25, -0.2) is 9.97 Å². The highest BCUT2D eigenvalue weighted by molar-refractivity contribution is 7.84. The number of aromatic nitrogens is 4. The first-order valence-corrected chi connectivity index (χ1v) is 9.94. The van der Waals surface area contributed by atoms with Gasteiger partial charge in [0.1, 0.15) is 12.4 Å². The van der Waals surface area contributed by atoms with Gasteiger partial charge in [-0.1, -0.05) is 0 Å².